The molecule has 0 saturated heterocycles. The van der Waals surface area contributed by atoms with Crippen molar-refractivity contribution in [1.29, 1.82) is 0 Å². The van der Waals surface area contributed by atoms with Crippen LogP contribution in [0.4, 0.5) is 0 Å². The highest BCUT2D eigenvalue weighted by molar-refractivity contribution is 8.13. The number of carbonyl (C=O) groups is 1. The second-order valence-electron chi connectivity index (χ2n) is 3.94. The Morgan fingerprint density at radius 2 is 2.00 bits per heavy atom. The van der Waals surface area contributed by atoms with Gasteiger partial charge in [0.2, 0.25) is 0 Å². The minimum atomic E-state index is -3.95. The van der Waals surface area contributed by atoms with E-state index < -0.39 is 15.0 Å². The molecule has 1 rings (SSSR count). The molecule has 0 aromatic heterocycles. The molecule has 0 fully saturated rings. The Morgan fingerprint density at radius 3 is 2.55 bits per heavy atom. The average Bonchev–Trinajstić information content (AvgIpc) is 2.38. The van der Waals surface area contributed by atoms with Crippen LogP contribution in [0, 0.1) is 0 Å². The number of hydrogen-bond acceptors (Lipinski definition) is 5. The number of rotatable bonds is 7. The van der Waals surface area contributed by atoms with Crippen LogP contribution in [0.1, 0.15) is 15.9 Å². The van der Waals surface area contributed by atoms with Gasteiger partial charge in [0.1, 0.15) is 0 Å². The van der Waals surface area contributed by atoms with Gasteiger partial charge in [-0.25, -0.2) is 8.42 Å². The van der Waals surface area contributed by atoms with E-state index in [4.69, 9.17) is 20.2 Å². The molecule has 0 aliphatic rings. The Kier molecular flexibility index (Phi) is 6.41. The first-order chi connectivity index (χ1) is 9.40. The molecule has 0 bridgehead atoms. The molecule has 0 radical (unpaired) electrons. The molecular formula is C12H16ClNO5S. The molecule has 1 aromatic carbocycles. The maximum atomic E-state index is 11.8. The summed E-state index contributed by atoms with van der Waals surface area (Å²) in [5.74, 6) is -0.396. The monoisotopic (exact) mass is 321 g/mol. The van der Waals surface area contributed by atoms with Gasteiger partial charge in [0.25, 0.3) is 15.0 Å². The molecule has 0 aliphatic carbocycles. The van der Waals surface area contributed by atoms with E-state index >= 15 is 0 Å². The van der Waals surface area contributed by atoms with E-state index in [1.54, 1.807) is 0 Å². The summed E-state index contributed by atoms with van der Waals surface area (Å²) in [6.07, 6.45) is 0. The zero-order chi connectivity index (χ0) is 15.2. The van der Waals surface area contributed by atoms with Crippen molar-refractivity contribution in [2.24, 2.45) is 0 Å². The van der Waals surface area contributed by atoms with Crippen molar-refractivity contribution >= 4 is 25.6 Å². The van der Waals surface area contributed by atoms with E-state index in [0.717, 1.165) is 0 Å². The van der Waals surface area contributed by atoms with Crippen molar-refractivity contribution in [3.63, 3.8) is 0 Å². The topological polar surface area (TPSA) is 81.7 Å². The molecule has 8 heteroatoms. The first kappa shape index (κ1) is 16.9. The first-order valence-corrected chi connectivity index (χ1v) is 8.04. The molecule has 20 heavy (non-hydrogen) atoms. The van der Waals surface area contributed by atoms with Gasteiger partial charge in [-0.15, -0.1) is 0 Å². The summed E-state index contributed by atoms with van der Waals surface area (Å²) >= 11 is 0. The molecule has 0 atom stereocenters. The number of halogens is 1. The molecule has 0 unspecified atom stereocenters. The fourth-order valence-corrected chi connectivity index (χ4v) is 2.70. The predicted octanol–water partition coefficient (Wildman–Crippen LogP) is 1.14. The minimum Gasteiger partial charge on any atom is -0.383 e. The van der Waals surface area contributed by atoms with Crippen LogP contribution in [0.15, 0.2) is 23.1 Å². The molecule has 112 valence electrons. The molecular weight excluding hydrogens is 306 g/mol. The minimum absolute atomic E-state index is 0.0901. The van der Waals surface area contributed by atoms with Crippen LogP contribution in [0.25, 0.3) is 0 Å². The highest BCUT2D eigenvalue weighted by Crippen LogP contribution is 2.22. The van der Waals surface area contributed by atoms with Crippen LogP contribution in [0.5, 0.6) is 0 Å². The second kappa shape index (κ2) is 7.58. The fraction of sp³-hybridized carbons (Fsp3) is 0.417. The Hall–Kier alpha value is -1.15. The van der Waals surface area contributed by atoms with E-state index in [2.05, 4.69) is 5.32 Å². The Labute approximate surface area is 122 Å². The number of hydrogen-bond donors (Lipinski definition) is 1. The molecule has 6 nitrogen and oxygen atoms in total. The quantitative estimate of drug-likeness (QED) is 0.601. The van der Waals surface area contributed by atoms with Crippen molar-refractivity contribution in [2.75, 3.05) is 27.4 Å². The maximum Gasteiger partial charge on any atom is 0.261 e. The van der Waals surface area contributed by atoms with Crippen molar-refractivity contribution < 1.29 is 22.7 Å². The number of methoxy groups -OCH3 is 2. The zero-order valence-electron chi connectivity index (χ0n) is 11.2. The summed E-state index contributed by atoms with van der Waals surface area (Å²) in [5.41, 5.74) is 0.608. The lowest BCUT2D eigenvalue weighted by Gasteiger charge is -2.09. The lowest BCUT2D eigenvalue weighted by Crippen LogP contribution is -2.27. The second-order valence-corrected chi connectivity index (χ2v) is 6.48. The van der Waals surface area contributed by atoms with Crippen molar-refractivity contribution in [3.05, 3.63) is 29.3 Å². The smallest absolute Gasteiger partial charge is 0.261 e. The third-order valence-electron chi connectivity index (χ3n) is 2.48. The van der Waals surface area contributed by atoms with E-state index in [-0.39, 0.29) is 17.1 Å². The maximum absolute atomic E-state index is 11.8. The lowest BCUT2D eigenvalue weighted by atomic mass is 10.1. The van der Waals surface area contributed by atoms with Gasteiger partial charge in [-0.3, -0.25) is 4.79 Å². The summed E-state index contributed by atoms with van der Waals surface area (Å²) in [7, 11) is 4.38. The van der Waals surface area contributed by atoms with Gasteiger partial charge in [0, 0.05) is 37.0 Å². The van der Waals surface area contributed by atoms with Crippen LogP contribution in [-0.4, -0.2) is 41.7 Å². The summed E-state index contributed by atoms with van der Waals surface area (Å²) in [4.78, 5) is 11.7. The van der Waals surface area contributed by atoms with Gasteiger partial charge in [0.15, 0.2) is 0 Å². The van der Waals surface area contributed by atoms with Gasteiger partial charge in [-0.2, -0.15) is 0 Å². The fourth-order valence-electron chi connectivity index (χ4n) is 1.57. The average molecular weight is 322 g/mol. The molecule has 0 spiro atoms. The van der Waals surface area contributed by atoms with Gasteiger partial charge in [-0.05, 0) is 17.7 Å². The largest absolute Gasteiger partial charge is 0.383 e. The Balaban J connectivity index is 3.03. The van der Waals surface area contributed by atoms with Crippen LogP contribution >= 0.6 is 10.7 Å². The molecule has 0 heterocycles. The number of nitrogens with one attached hydrogen (secondary N) is 1. The predicted molar refractivity (Wildman–Crippen MR) is 74.4 cm³/mol. The van der Waals surface area contributed by atoms with Gasteiger partial charge < -0.3 is 14.8 Å². The normalized spacial score (nSPS) is 11.3. The van der Waals surface area contributed by atoms with Crippen molar-refractivity contribution in [3.8, 4) is 0 Å². The van der Waals surface area contributed by atoms with Gasteiger partial charge >= 0.3 is 0 Å². The third kappa shape index (κ3) is 4.75. The zero-order valence-corrected chi connectivity index (χ0v) is 12.8. The molecule has 1 amide bonds. The lowest BCUT2D eigenvalue weighted by molar-refractivity contribution is 0.0936. The molecule has 1 aromatic rings. The van der Waals surface area contributed by atoms with E-state index in [1.807, 2.05) is 0 Å². The van der Waals surface area contributed by atoms with Crippen LogP contribution in [-0.2, 0) is 25.1 Å². The van der Waals surface area contributed by atoms with Crippen molar-refractivity contribution in [1.82, 2.24) is 5.32 Å². The van der Waals surface area contributed by atoms with Gasteiger partial charge in [0.05, 0.1) is 18.1 Å². The molecule has 0 aliphatic heterocycles. The van der Waals surface area contributed by atoms with Gasteiger partial charge in [-0.1, -0.05) is 6.07 Å². The van der Waals surface area contributed by atoms with Crippen LogP contribution in [0.3, 0.4) is 0 Å². The van der Waals surface area contributed by atoms with E-state index in [1.165, 1.54) is 32.4 Å². The van der Waals surface area contributed by atoms with Crippen molar-refractivity contribution in [2.45, 2.75) is 11.5 Å². The Morgan fingerprint density at radius 1 is 1.30 bits per heavy atom. The summed E-state index contributed by atoms with van der Waals surface area (Å²) < 4.78 is 32.8. The molecule has 0 saturated carbocycles. The standard InChI is InChI=1S/C12H16ClNO5S/c1-18-6-5-14-12(15)9-3-4-10(8-19-2)11(7-9)20(13,16)17/h3-4,7H,5-6,8H2,1-2H3,(H,14,15). The summed E-state index contributed by atoms with van der Waals surface area (Å²) in [6, 6.07) is 4.25. The van der Waals surface area contributed by atoms with E-state index in [0.29, 0.717) is 18.7 Å². The Bertz CT molecular complexity index is 573. The highest BCUT2D eigenvalue weighted by atomic mass is 35.7. The summed E-state index contributed by atoms with van der Waals surface area (Å²) in [6.45, 7) is 0.791. The van der Waals surface area contributed by atoms with Crippen LogP contribution in [0.2, 0.25) is 0 Å². The molecule has 1 N–H and O–H groups in total. The summed E-state index contributed by atoms with van der Waals surface area (Å²) in [5, 5.41) is 2.60. The number of carbonyl (C=O) groups excluding carboxylic acids is 1. The van der Waals surface area contributed by atoms with E-state index in [9.17, 15) is 13.2 Å². The van der Waals surface area contributed by atoms with Crippen LogP contribution < -0.4 is 5.32 Å². The first-order valence-electron chi connectivity index (χ1n) is 5.73. The number of ether oxygens (including phenoxy) is 2. The third-order valence-corrected chi connectivity index (χ3v) is 3.89. The SMILES string of the molecule is COCCNC(=O)c1ccc(COC)c(S(=O)(=O)Cl)c1. The number of amides is 1. The highest BCUT2D eigenvalue weighted by Gasteiger charge is 2.18. The number of benzene rings is 1.